The summed E-state index contributed by atoms with van der Waals surface area (Å²) < 4.78 is 7.90. The first-order chi connectivity index (χ1) is 10.2. The molecule has 2 aromatic rings. The fraction of sp³-hybridized carbons (Fsp3) is 0.556. The molecule has 0 unspecified atom stereocenters. The van der Waals surface area contributed by atoms with Gasteiger partial charge in [0.05, 0.1) is 6.61 Å². The number of nitrogens with zero attached hydrogens (tertiary/aromatic N) is 1. The second kappa shape index (κ2) is 6.20. The van der Waals surface area contributed by atoms with Crippen LogP contribution >= 0.6 is 0 Å². The summed E-state index contributed by atoms with van der Waals surface area (Å²) >= 11 is 0. The Kier molecular flexibility index (Phi) is 4.32. The average molecular weight is 286 g/mol. The van der Waals surface area contributed by atoms with Gasteiger partial charge in [0.2, 0.25) is 0 Å². The van der Waals surface area contributed by atoms with Crippen LogP contribution in [0.1, 0.15) is 36.6 Å². The van der Waals surface area contributed by atoms with Crippen LogP contribution in [0.4, 0.5) is 0 Å². The number of ether oxygens (including phenoxy) is 1. The van der Waals surface area contributed by atoms with Crippen molar-refractivity contribution in [3.8, 4) is 0 Å². The topological polar surface area (TPSA) is 26.2 Å². The van der Waals surface area contributed by atoms with E-state index < -0.39 is 0 Å². The van der Waals surface area contributed by atoms with Gasteiger partial charge in [0.25, 0.3) is 0 Å². The van der Waals surface area contributed by atoms with E-state index in [0.29, 0.717) is 0 Å². The van der Waals surface area contributed by atoms with Crippen molar-refractivity contribution in [3.63, 3.8) is 0 Å². The van der Waals surface area contributed by atoms with Crippen molar-refractivity contribution in [1.29, 1.82) is 0 Å². The van der Waals surface area contributed by atoms with Crippen LogP contribution in [-0.4, -0.2) is 23.8 Å². The van der Waals surface area contributed by atoms with Crippen LogP contribution in [0.25, 0.3) is 10.9 Å². The van der Waals surface area contributed by atoms with E-state index in [2.05, 4.69) is 41.9 Å². The van der Waals surface area contributed by atoms with Crippen molar-refractivity contribution >= 4 is 10.9 Å². The maximum atomic E-state index is 5.52. The lowest BCUT2D eigenvalue weighted by Crippen LogP contribution is -2.15. The molecule has 1 aromatic heterocycles. The zero-order valence-corrected chi connectivity index (χ0v) is 13.4. The Balaban J connectivity index is 1.84. The molecule has 1 heterocycles. The molecular formula is C18H26N2O. The third-order valence-electron chi connectivity index (χ3n) is 4.54. The molecular weight excluding hydrogens is 260 g/mol. The first-order valence-electron chi connectivity index (χ1n) is 8.10. The number of rotatable bonds is 7. The summed E-state index contributed by atoms with van der Waals surface area (Å²) in [6.45, 7) is 9.98. The molecule has 0 saturated heterocycles. The van der Waals surface area contributed by atoms with Crippen molar-refractivity contribution in [1.82, 2.24) is 9.88 Å². The Bertz CT molecular complexity index is 626. The third-order valence-corrected chi connectivity index (χ3v) is 4.54. The molecule has 3 heteroatoms. The van der Waals surface area contributed by atoms with Crippen LogP contribution in [0.15, 0.2) is 18.2 Å². The highest BCUT2D eigenvalue weighted by atomic mass is 16.5. The van der Waals surface area contributed by atoms with Gasteiger partial charge in [0.15, 0.2) is 0 Å². The van der Waals surface area contributed by atoms with Gasteiger partial charge in [0, 0.05) is 42.3 Å². The summed E-state index contributed by atoms with van der Waals surface area (Å²) in [7, 11) is 0. The Morgan fingerprint density at radius 3 is 2.81 bits per heavy atom. The molecule has 0 radical (unpaired) electrons. The molecule has 0 spiro atoms. The SMILES string of the molecule is CCOCCn1c(C)c(C)c2cc(CNC3CC3)ccc21. The highest BCUT2D eigenvalue weighted by Crippen LogP contribution is 2.27. The molecule has 1 aliphatic rings. The summed E-state index contributed by atoms with van der Waals surface area (Å²) in [4.78, 5) is 0. The normalized spacial score (nSPS) is 15.0. The van der Waals surface area contributed by atoms with Gasteiger partial charge in [0.1, 0.15) is 0 Å². The highest BCUT2D eigenvalue weighted by Gasteiger charge is 2.20. The summed E-state index contributed by atoms with van der Waals surface area (Å²) in [5.41, 5.74) is 5.48. The Hall–Kier alpha value is -1.32. The molecule has 21 heavy (non-hydrogen) atoms. The van der Waals surface area contributed by atoms with Crippen LogP contribution < -0.4 is 5.32 Å². The third kappa shape index (κ3) is 3.14. The van der Waals surface area contributed by atoms with Crippen LogP contribution in [0.3, 0.4) is 0 Å². The van der Waals surface area contributed by atoms with E-state index in [1.165, 1.54) is 40.6 Å². The molecule has 1 N–H and O–H groups in total. The number of benzene rings is 1. The summed E-state index contributed by atoms with van der Waals surface area (Å²) in [5, 5.41) is 4.98. The fourth-order valence-corrected chi connectivity index (χ4v) is 2.94. The summed E-state index contributed by atoms with van der Waals surface area (Å²) in [6.07, 6.45) is 2.68. The quantitative estimate of drug-likeness (QED) is 0.788. The monoisotopic (exact) mass is 286 g/mol. The lowest BCUT2D eigenvalue weighted by molar-refractivity contribution is 0.139. The lowest BCUT2D eigenvalue weighted by atomic mass is 10.1. The number of aromatic nitrogens is 1. The van der Waals surface area contributed by atoms with Crippen molar-refractivity contribution in [2.45, 2.75) is 52.7 Å². The van der Waals surface area contributed by atoms with Gasteiger partial charge in [-0.2, -0.15) is 0 Å². The van der Waals surface area contributed by atoms with Gasteiger partial charge in [-0.1, -0.05) is 6.07 Å². The lowest BCUT2D eigenvalue weighted by Gasteiger charge is -2.09. The van der Waals surface area contributed by atoms with Gasteiger partial charge < -0.3 is 14.6 Å². The van der Waals surface area contributed by atoms with E-state index in [0.717, 1.165) is 32.3 Å². The molecule has 1 saturated carbocycles. The second-order valence-electron chi connectivity index (χ2n) is 6.07. The van der Waals surface area contributed by atoms with E-state index in [4.69, 9.17) is 4.74 Å². The van der Waals surface area contributed by atoms with Gasteiger partial charge in [-0.3, -0.25) is 0 Å². The van der Waals surface area contributed by atoms with Crippen LogP contribution in [0.5, 0.6) is 0 Å². The molecule has 114 valence electrons. The molecule has 0 aliphatic heterocycles. The van der Waals surface area contributed by atoms with Crippen LogP contribution in [0.2, 0.25) is 0 Å². The average Bonchev–Trinajstić information content (AvgIpc) is 3.29. The zero-order valence-electron chi connectivity index (χ0n) is 13.4. The largest absolute Gasteiger partial charge is 0.380 e. The Morgan fingerprint density at radius 1 is 1.29 bits per heavy atom. The van der Waals surface area contributed by atoms with Gasteiger partial charge >= 0.3 is 0 Å². The number of fused-ring (bicyclic) bond motifs is 1. The highest BCUT2D eigenvalue weighted by molar-refractivity contribution is 5.86. The van der Waals surface area contributed by atoms with Gasteiger partial charge in [-0.05, 0) is 56.9 Å². The minimum absolute atomic E-state index is 0.763. The van der Waals surface area contributed by atoms with E-state index in [9.17, 15) is 0 Å². The van der Waals surface area contributed by atoms with E-state index in [-0.39, 0.29) is 0 Å². The second-order valence-corrected chi connectivity index (χ2v) is 6.07. The fourth-order valence-electron chi connectivity index (χ4n) is 2.94. The molecule has 0 amide bonds. The molecule has 3 nitrogen and oxygen atoms in total. The van der Waals surface area contributed by atoms with Gasteiger partial charge in [-0.25, -0.2) is 0 Å². The number of aryl methyl sites for hydroxylation is 1. The zero-order chi connectivity index (χ0) is 14.8. The predicted octanol–water partition coefficient (Wildman–Crippen LogP) is 3.55. The molecule has 1 aromatic carbocycles. The van der Waals surface area contributed by atoms with E-state index in [1.54, 1.807) is 0 Å². The van der Waals surface area contributed by atoms with Crippen molar-refractivity contribution in [2.75, 3.05) is 13.2 Å². The summed E-state index contributed by atoms with van der Waals surface area (Å²) in [6, 6.07) is 7.64. The van der Waals surface area contributed by atoms with Crippen LogP contribution in [0, 0.1) is 13.8 Å². The molecule has 1 fully saturated rings. The van der Waals surface area contributed by atoms with Gasteiger partial charge in [-0.15, -0.1) is 0 Å². The smallest absolute Gasteiger partial charge is 0.0645 e. The van der Waals surface area contributed by atoms with E-state index in [1.807, 2.05) is 6.92 Å². The maximum Gasteiger partial charge on any atom is 0.0645 e. The van der Waals surface area contributed by atoms with Crippen LogP contribution in [-0.2, 0) is 17.8 Å². The molecule has 3 rings (SSSR count). The van der Waals surface area contributed by atoms with Crippen molar-refractivity contribution < 1.29 is 4.74 Å². The van der Waals surface area contributed by atoms with Crippen molar-refractivity contribution in [2.24, 2.45) is 0 Å². The minimum atomic E-state index is 0.763. The number of hydrogen-bond acceptors (Lipinski definition) is 2. The molecule has 1 aliphatic carbocycles. The molecule has 0 atom stereocenters. The van der Waals surface area contributed by atoms with Crippen molar-refractivity contribution in [3.05, 3.63) is 35.0 Å². The first-order valence-corrected chi connectivity index (χ1v) is 8.10. The van der Waals surface area contributed by atoms with E-state index >= 15 is 0 Å². The molecule has 0 bridgehead atoms. The first kappa shape index (κ1) is 14.6. The maximum absolute atomic E-state index is 5.52. The number of nitrogens with one attached hydrogen (secondary N) is 1. The predicted molar refractivity (Wildman–Crippen MR) is 87.8 cm³/mol. The minimum Gasteiger partial charge on any atom is -0.380 e. The Labute approximate surface area is 127 Å². The summed E-state index contributed by atoms with van der Waals surface area (Å²) in [5.74, 6) is 0. The standard InChI is InChI=1S/C18H26N2O/c1-4-21-10-9-20-14(3)13(2)17-11-15(5-8-18(17)20)12-19-16-6-7-16/h5,8,11,16,19H,4,6-7,9-10,12H2,1-3H3. The Morgan fingerprint density at radius 2 is 2.10 bits per heavy atom. The number of hydrogen-bond donors (Lipinski definition) is 1.